The van der Waals surface area contributed by atoms with Crippen molar-refractivity contribution in [2.45, 2.75) is 40.0 Å². The van der Waals surface area contributed by atoms with Crippen molar-refractivity contribution in [3.05, 3.63) is 12.7 Å². The van der Waals surface area contributed by atoms with E-state index in [0.717, 1.165) is 12.8 Å². The summed E-state index contributed by atoms with van der Waals surface area (Å²) in [7, 11) is 0. The Hall–Kier alpha value is -0.790. The number of rotatable bonds is 7. The standard InChI is InChI=1S/C12H22O2/c1-5-7-11(6-2)9-14-12(13)8-10(3)4/h5,10-11H,1,6-9H2,2-4H3/t11-/m0/s1. The van der Waals surface area contributed by atoms with Gasteiger partial charge in [-0.1, -0.05) is 26.8 Å². The van der Waals surface area contributed by atoms with Crippen LogP contribution in [0.5, 0.6) is 0 Å². The van der Waals surface area contributed by atoms with Gasteiger partial charge in [-0.2, -0.15) is 0 Å². The molecule has 1 atom stereocenters. The second kappa shape index (κ2) is 7.60. The van der Waals surface area contributed by atoms with Crippen LogP contribution in [0.15, 0.2) is 12.7 Å². The van der Waals surface area contributed by atoms with Crippen LogP contribution in [-0.4, -0.2) is 12.6 Å². The Labute approximate surface area is 87.3 Å². The van der Waals surface area contributed by atoms with Gasteiger partial charge in [0, 0.05) is 6.42 Å². The number of carbonyl (C=O) groups is 1. The second-order valence-corrected chi connectivity index (χ2v) is 4.08. The number of carbonyl (C=O) groups excluding carboxylic acids is 1. The van der Waals surface area contributed by atoms with Crippen LogP contribution in [0.4, 0.5) is 0 Å². The summed E-state index contributed by atoms with van der Waals surface area (Å²) in [6.45, 7) is 10.4. The molecule has 2 nitrogen and oxygen atoms in total. The fourth-order valence-corrected chi connectivity index (χ4v) is 1.19. The summed E-state index contributed by atoms with van der Waals surface area (Å²) in [5.41, 5.74) is 0. The van der Waals surface area contributed by atoms with Crippen molar-refractivity contribution < 1.29 is 9.53 Å². The Morgan fingerprint density at radius 3 is 2.57 bits per heavy atom. The molecule has 0 rings (SSSR count). The maximum atomic E-state index is 11.2. The molecule has 0 saturated heterocycles. The predicted molar refractivity (Wildman–Crippen MR) is 59.0 cm³/mol. The minimum atomic E-state index is -0.0810. The first-order valence-corrected chi connectivity index (χ1v) is 5.36. The van der Waals surface area contributed by atoms with Crippen LogP contribution in [-0.2, 0) is 9.53 Å². The first kappa shape index (κ1) is 13.2. The van der Waals surface area contributed by atoms with E-state index in [1.807, 2.05) is 19.9 Å². The largest absolute Gasteiger partial charge is 0.465 e. The molecule has 0 aliphatic rings. The van der Waals surface area contributed by atoms with Gasteiger partial charge in [0.05, 0.1) is 6.61 Å². The van der Waals surface area contributed by atoms with Gasteiger partial charge >= 0.3 is 5.97 Å². The van der Waals surface area contributed by atoms with Gasteiger partial charge in [-0.05, 0) is 24.7 Å². The van der Waals surface area contributed by atoms with Gasteiger partial charge in [-0.15, -0.1) is 6.58 Å². The molecule has 0 aromatic carbocycles. The zero-order valence-corrected chi connectivity index (χ0v) is 9.58. The number of ether oxygens (including phenoxy) is 1. The van der Waals surface area contributed by atoms with E-state index < -0.39 is 0 Å². The lowest BCUT2D eigenvalue weighted by molar-refractivity contribution is -0.145. The molecule has 0 N–H and O–H groups in total. The molecule has 0 unspecified atom stereocenters. The molecule has 82 valence electrons. The summed E-state index contributed by atoms with van der Waals surface area (Å²) < 4.78 is 5.17. The van der Waals surface area contributed by atoms with Gasteiger partial charge < -0.3 is 4.74 Å². The number of hydrogen-bond donors (Lipinski definition) is 0. The van der Waals surface area contributed by atoms with Crippen LogP contribution in [0.1, 0.15) is 40.0 Å². The fraction of sp³-hybridized carbons (Fsp3) is 0.750. The Kier molecular flexibility index (Phi) is 7.17. The van der Waals surface area contributed by atoms with E-state index >= 15 is 0 Å². The van der Waals surface area contributed by atoms with Crippen molar-refractivity contribution >= 4 is 5.97 Å². The normalized spacial score (nSPS) is 12.6. The summed E-state index contributed by atoms with van der Waals surface area (Å²) in [5, 5.41) is 0. The lowest BCUT2D eigenvalue weighted by atomic mass is 10.0. The summed E-state index contributed by atoms with van der Waals surface area (Å²) in [6, 6.07) is 0. The van der Waals surface area contributed by atoms with Crippen molar-refractivity contribution in [2.24, 2.45) is 11.8 Å². The molecule has 14 heavy (non-hydrogen) atoms. The van der Waals surface area contributed by atoms with Crippen LogP contribution in [0.25, 0.3) is 0 Å². The maximum Gasteiger partial charge on any atom is 0.306 e. The smallest absolute Gasteiger partial charge is 0.306 e. The first-order chi connectivity index (χ1) is 6.60. The molecule has 2 heteroatoms. The van der Waals surface area contributed by atoms with E-state index in [9.17, 15) is 4.79 Å². The Morgan fingerprint density at radius 1 is 1.50 bits per heavy atom. The third-order valence-electron chi connectivity index (χ3n) is 2.13. The van der Waals surface area contributed by atoms with Crippen LogP contribution in [0.3, 0.4) is 0 Å². The Bertz CT molecular complexity index is 173. The summed E-state index contributed by atoms with van der Waals surface area (Å²) in [4.78, 5) is 11.2. The van der Waals surface area contributed by atoms with Gasteiger partial charge in [-0.3, -0.25) is 4.79 Å². The zero-order chi connectivity index (χ0) is 11.0. The average Bonchev–Trinajstić information content (AvgIpc) is 2.11. The predicted octanol–water partition coefficient (Wildman–Crippen LogP) is 3.18. The molecular weight excluding hydrogens is 176 g/mol. The number of esters is 1. The molecule has 0 aliphatic heterocycles. The van der Waals surface area contributed by atoms with Gasteiger partial charge in [0.2, 0.25) is 0 Å². The number of allylic oxidation sites excluding steroid dienone is 1. The van der Waals surface area contributed by atoms with Crippen molar-refractivity contribution in [1.29, 1.82) is 0 Å². The van der Waals surface area contributed by atoms with Gasteiger partial charge in [0.25, 0.3) is 0 Å². The molecule has 0 aromatic heterocycles. The molecule has 0 aromatic rings. The first-order valence-electron chi connectivity index (χ1n) is 5.36. The van der Waals surface area contributed by atoms with Gasteiger partial charge in [0.1, 0.15) is 0 Å². The highest BCUT2D eigenvalue weighted by Crippen LogP contribution is 2.10. The van der Waals surface area contributed by atoms with E-state index in [-0.39, 0.29) is 5.97 Å². The molecule has 0 heterocycles. The minimum Gasteiger partial charge on any atom is -0.465 e. The summed E-state index contributed by atoms with van der Waals surface area (Å²) in [5.74, 6) is 0.730. The Morgan fingerprint density at radius 2 is 2.14 bits per heavy atom. The molecule has 0 radical (unpaired) electrons. The molecule has 0 saturated carbocycles. The highest BCUT2D eigenvalue weighted by atomic mass is 16.5. The minimum absolute atomic E-state index is 0.0810. The fourth-order valence-electron chi connectivity index (χ4n) is 1.19. The third-order valence-corrected chi connectivity index (χ3v) is 2.13. The molecule has 0 spiro atoms. The highest BCUT2D eigenvalue weighted by molar-refractivity contribution is 5.69. The van der Waals surface area contributed by atoms with Crippen molar-refractivity contribution in [3.63, 3.8) is 0 Å². The van der Waals surface area contributed by atoms with Gasteiger partial charge in [0.15, 0.2) is 0 Å². The molecule has 0 fully saturated rings. The van der Waals surface area contributed by atoms with Crippen LogP contribution in [0.2, 0.25) is 0 Å². The third kappa shape index (κ3) is 6.70. The Balaban J connectivity index is 3.67. The van der Waals surface area contributed by atoms with Gasteiger partial charge in [-0.25, -0.2) is 0 Å². The SMILES string of the molecule is C=CC[C@H](CC)COC(=O)CC(C)C. The van der Waals surface area contributed by atoms with E-state index in [1.165, 1.54) is 0 Å². The summed E-state index contributed by atoms with van der Waals surface area (Å²) >= 11 is 0. The average molecular weight is 198 g/mol. The molecular formula is C12H22O2. The lowest BCUT2D eigenvalue weighted by Crippen LogP contribution is -2.14. The van der Waals surface area contributed by atoms with Crippen molar-refractivity contribution in [2.75, 3.05) is 6.61 Å². The van der Waals surface area contributed by atoms with E-state index in [0.29, 0.717) is 24.9 Å². The van der Waals surface area contributed by atoms with E-state index in [1.54, 1.807) is 0 Å². The molecule has 0 amide bonds. The van der Waals surface area contributed by atoms with Crippen LogP contribution < -0.4 is 0 Å². The topological polar surface area (TPSA) is 26.3 Å². The summed E-state index contributed by atoms with van der Waals surface area (Å²) in [6.07, 6.45) is 4.35. The quantitative estimate of drug-likeness (QED) is 0.464. The van der Waals surface area contributed by atoms with Crippen molar-refractivity contribution in [3.8, 4) is 0 Å². The molecule has 0 bridgehead atoms. The van der Waals surface area contributed by atoms with Crippen LogP contribution >= 0.6 is 0 Å². The van der Waals surface area contributed by atoms with Crippen molar-refractivity contribution in [1.82, 2.24) is 0 Å². The zero-order valence-electron chi connectivity index (χ0n) is 9.58. The monoisotopic (exact) mass is 198 g/mol. The van der Waals surface area contributed by atoms with E-state index in [4.69, 9.17) is 4.74 Å². The maximum absolute atomic E-state index is 11.2. The van der Waals surface area contributed by atoms with E-state index in [2.05, 4.69) is 13.5 Å². The highest BCUT2D eigenvalue weighted by Gasteiger charge is 2.09. The number of hydrogen-bond acceptors (Lipinski definition) is 2. The molecule has 0 aliphatic carbocycles. The van der Waals surface area contributed by atoms with Crippen LogP contribution in [0, 0.1) is 11.8 Å². The second-order valence-electron chi connectivity index (χ2n) is 4.08. The lowest BCUT2D eigenvalue weighted by Gasteiger charge is -2.13.